The van der Waals surface area contributed by atoms with Crippen molar-refractivity contribution in [3.8, 4) is 0 Å². The fourth-order valence-electron chi connectivity index (χ4n) is 1.03. The minimum absolute atomic E-state index is 0.0967. The summed E-state index contributed by atoms with van der Waals surface area (Å²) < 4.78 is 4.83. The molecule has 0 aliphatic rings. The number of hydrogen-bond donors (Lipinski definition) is 0. The van der Waals surface area contributed by atoms with E-state index in [4.69, 9.17) is 27.6 Å². The molecule has 0 atom stereocenters. The van der Waals surface area contributed by atoms with E-state index in [1.54, 1.807) is 11.4 Å². The molecular weight excluding hydrogens is 243 g/mol. The largest absolute Gasteiger partial charge is 0.452 e. The zero-order valence-electron chi connectivity index (χ0n) is 6.79. The highest BCUT2D eigenvalue weighted by Gasteiger charge is 2.18. The number of furan rings is 1. The molecule has 2 rings (SSSR count). The van der Waals surface area contributed by atoms with Gasteiger partial charge in [0.1, 0.15) is 0 Å². The summed E-state index contributed by atoms with van der Waals surface area (Å²) in [6, 6.07) is 3.20. The van der Waals surface area contributed by atoms with Gasteiger partial charge in [-0.25, -0.2) is 0 Å². The van der Waals surface area contributed by atoms with Crippen LogP contribution in [0.2, 0.25) is 10.2 Å². The molecule has 2 aromatic heterocycles. The highest BCUT2D eigenvalue weighted by atomic mass is 35.5. The first-order valence-corrected chi connectivity index (χ1v) is 5.34. The standard InChI is InChI=1S/C9H4Cl2O2S/c10-6-2-4-14-8(6)7(12)5-1-3-13-9(5)11/h1-4H. The number of thiophene rings is 1. The monoisotopic (exact) mass is 246 g/mol. The quantitative estimate of drug-likeness (QED) is 0.754. The fraction of sp³-hybridized carbons (Fsp3) is 0. The molecule has 0 bridgehead atoms. The SMILES string of the molecule is O=C(c1ccoc1Cl)c1sccc1Cl. The van der Waals surface area contributed by atoms with E-state index < -0.39 is 0 Å². The summed E-state index contributed by atoms with van der Waals surface area (Å²) in [5.41, 5.74) is 0.344. The van der Waals surface area contributed by atoms with Crippen LogP contribution >= 0.6 is 34.5 Å². The van der Waals surface area contributed by atoms with Gasteiger partial charge in [0, 0.05) is 0 Å². The van der Waals surface area contributed by atoms with Crippen molar-refractivity contribution in [2.45, 2.75) is 0 Å². The highest BCUT2D eigenvalue weighted by Crippen LogP contribution is 2.28. The maximum atomic E-state index is 11.8. The van der Waals surface area contributed by atoms with Gasteiger partial charge in [-0.15, -0.1) is 11.3 Å². The number of rotatable bonds is 2. The number of carbonyl (C=O) groups excluding carboxylic acids is 1. The van der Waals surface area contributed by atoms with Crippen molar-refractivity contribution in [3.63, 3.8) is 0 Å². The Morgan fingerprint density at radius 1 is 1.36 bits per heavy atom. The van der Waals surface area contributed by atoms with Crippen molar-refractivity contribution in [2.24, 2.45) is 0 Å². The molecule has 2 nitrogen and oxygen atoms in total. The summed E-state index contributed by atoms with van der Waals surface area (Å²) in [6.45, 7) is 0. The van der Waals surface area contributed by atoms with E-state index >= 15 is 0 Å². The van der Waals surface area contributed by atoms with Gasteiger partial charge in [0.25, 0.3) is 0 Å². The zero-order valence-corrected chi connectivity index (χ0v) is 9.12. The molecule has 14 heavy (non-hydrogen) atoms. The molecule has 0 aromatic carbocycles. The Hall–Kier alpha value is -0.770. The second-order valence-electron chi connectivity index (χ2n) is 2.53. The van der Waals surface area contributed by atoms with Crippen molar-refractivity contribution < 1.29 is 9.21 Å². The summed E-state index contributed by atoms with van der Waals surface area (Å²) in [7, 11) is 0. The Labute approximate surface area is 94.1 Å². The van der Waals surface area contributed by atoms with Crippen LogP contribution in [0.3, 0.4) is 0 Å². The lowest BCUT2D eigenvalue weighted by molar-refractivity contribution is 0.104. The van der Waals surface area contributed by atoms with Gasteiger partial charge in [-0.3, -0.25) is 4.79 Å². The molecule has 0 fully saturated rings. The van der Waals surface area contributed by atoms with E-state index in [-0.39, 0.29) is 11.0 Å². The van der Waals surface area contributed by atoms with E-state index in [1.165, 1.54) is 23.7 Å². The molecule has 0 spiro atoms. The van der Waals surface area contributed by atoms with Crippen LogP contribution in [0, 0.1) is 0 Å². The van der Waals surface area contributed by atoms with Crippen molar-refractivity contribution in [2.75, 3.05) is 0 Å². The van der Waals surface area contributed by atoms with Crippen molar-refractivity contribution in [3.05, 3.63) is 44.5 Å². The van der Waals surface area contributed by atoms with Crippen molar-refractivity contribution in [1.82, 2.24) is 0 Å². The lowest BCUT2D eigenvalue weighted by atomic mass is 10.2. The molecular formula is C9H4Cl2O2S. The molecule has 0 unspecified atom stereocenters. The fourth-order valence-corrected chi connectivity index (χ4v) is 2.33. The van der Waals surface area contributed by atoms with Crippen molar-refractivity contribution in [1.29, 1.82) is 0 Å². The second kappa shape index (κ2) is 3.77. The summed E-state index contributed by atoms with van der Waals surface area (Å²) in [4.78, 5) is 12.3. The van der Waals surface area contributed by atoms with Crippen LogP contribution < -0.4 is 0 Å². The summed E-state index contributed by atoms with van der Waals surface area (Å²) >= 11 is 12.8. The Bertz CT molecular complexity index is 430. The summed E-state index contributed by atoms with van der Waals surface area (Å²) in [5.74, 6) is -0.205. The Morgan fingerprint density at radius 3 is 2.64 bits per heavy atom. The van der Waals surface area contributed by atoms with Crippen LogP contribution in [0.5, 0.6) is 0 Å². The van der Waals surface area contributed by atoms with Crippen LogP contribution in [-0.4, -0.2) is 5.78 Å². The van der Waals surface area contributed by atoms with Gasteiger partial charge in [0.05, 0.1) is 21.7 Å². The first kappa shape index (κ1) is 9.77. The maximum Gasteiger partial charge on any atom is 0.209 e. The Kier molecular flexibility index (Phi) is 2.63. The molecule has 0 radical (unpaired) electrons. The van der Waals surface area contributed by atoms with Crippen LogP contribution in [0.4, 0.5) is 0 Å². The molecule has 0 amide bonds. The third kappa shape index (κ3) is 1.59. The lowest BCUT2D eigenvalue weighted by Crippen LogP contribution is -1.97. The first-order valence-electron chi connectivity index (χ1n) is 3.71. The van der Waals surface area contributed by atoms with E-state index in [1.807, 2.05) is 0 Å². The molecule has 0 N–H and O–H groups in total. The minimum atomic E-state index is -0.205. The van der Waals surface area contributed by atoms with Crippen molar-refractivity contribution >= 4 is 40.3 Å². The average Bonchev–Trinajstić information content (AvgIpc) is 2.73. The minimum Gasteiger partial charge on any atom is -0.452 e. The number of halogens is 2. The predicted octanol–water partition coefficient (Wildman–Crippen LogP) is 3.88. The highest BCUT2D eigenvalue weighted by molar-refractivity contribution is 7.13. The molecule has 0 saturated heterocycles. The van der Waals surface area contributed by atoms with Gasteiger partial charge in [0.2, 0.25) is 11.0 Å². The predicted molar refractivity (Wildman–Crippen MR) is 56.5 cm³/mol. The third-order valence-electron chi connectivity index (χ3n) is 1.69. The Balaban J connectivity index is 2.44. The van der Waals surface area contributed by atoms with Gasteiger partial charge in [0.15, 0.2) is 0 Å². The molecule has 2 aromatic rings. The lowest BCUT2D eigenvalue weighted by Gasteiger charge is -1.94. The van der Waals surface area contributed by atoms with Crippen LogP contribution in [0.25, 0.3) is 0 Å². The van der Waals surface area contributed by atoms with Crippen LogP contribution in [0.15, 0.2) is 28.2 Å². The van der Waals surface area contributed by atoms with Gasteiger partial charge in [-0.1, -0.05) is 11.6 Å². The average molecular weight is 247 g/mol. The molecule has 0 saturated carbocycles. The van der Waals surface area contributed by atoms with Gasteiger partial charge < -0.3 is 4.42 Å². The summed E-state index contributed by atoms with van der Waals surface area (Å²) in [5, 5.41) is 2.29. The van der Waals surface area contributed by atoms with Gasteiger partial charge in [-0.05, 0) is 29.1 Å². The number of hydrogen-bond acceptors (Lipinski definition) is 3. The van der Waals surface area contributed by atoms with Gasteiger partial charge in [-0.2, -0.15) is 0 Å². The molecule has 0 aliphatic carbocycles. The van der Waals surface area contributed by atoms with E-state index in [9.17, 15) is 4.79 Å². The summed E-state index contributed by atoms with van der Waals surface area (Å²) in [6.07, 6.45) is 1.37. The van der Waals surface area contributed by atoms with Gasteiger partial charge >= 0.3 is 0 Å². The second-order valence-corrected chi connectivity index (χ2v) is 4.20. The van der Waals surface area contributed by atoms with E-state index in [0.29, 0.717) is 15.5 Å². The normalized spacial score (nSPS) is 10.4. The number of carbonyl (C=O) groups is 1. The zero-order chi connectivity index (χ0) is 10.1. The smallest absolute Gasteiger partial charge is 0.209 e. The molecule has 72 valence electrons. The third-order valence-corrected chi connectivity index (χ3v) is 3.32. The molecule has 5 heteroatoms. The number of ketones is 1. The maximum absolute atomic E-state index is 11.8. The molecule has 0 aliphatic heterocycles. The topological polar surface area (TPSA) is 30.2 Å². The first-order chi connectivity index (χ1) is 6.70. The Morgan fingerprint density at radius 2 is 2.14 bits per heavy atom. The van der Waals surface area contributed by atoms with E-state index in [0.717, 1.165) is 0 Å². The van der Waals surface area contributed by atoms with Crippen LogP contribution in [-0.2, 0) is 0 Å². The molecule has 2 heterocycles. The van der Waals surface area contributed by atoms with Crippen LogP contribution in [0.1, 0.15) is 15.2 Å². The van der Waals surface area contributed by atoms with E-state index in [2.05, 4.69) is 0 Å².